The molecule has 0 bridgehead atoms. The summed E-state index contributed by atoms with van der Waals surface area (Å²) in [5.41, 5.74) is 8.07. The Morgan fingerprint density at radius 3 is 2.17 bits per heavy atom. The van der Waals surface area contributed by atoms with Gasteiger partial charge in [0, 0.05) is 11.5 Å². The van der Waals surface area contributed by atoms with Crippen LogP contribution in [0.2, 0.25) is 0 Å². The van der Waals surface area contributed by atoms with Crippen LogP contribution in [0.15, 0.2) is 48.5 Å². The second kappa shape index (κ2) is 7.64. The van der Waals surface area contributed by atoms with Gasteiger partial charge in [-0.05, 0) is 72.7 Å². The molecule has 0 saturated carbocycles. The molecule has 0 heterocycles. The van der Waals surface area contributed by atoms with Gasteiger partial charge in [0.05, 0.1) is 19.8 Å². The summed E-state index contributed by atoms with van der Waals surface area (Å²) >= 11 is 0. The van der Waals surface area contributed by atoms with E-state index < -0.39 is 0 Å². The minimum absolute atomic E-state index is 0.000289. The second-order valence-electron chi connectivity index (χ2n) is 8.34. The van der Waals surface area contributed by atoms with E-state index in [0.29, 0.717) is 22.6 Å². The molecule has 3 nitrogen and oxygen atoms in total. The normalized spacial score (nSPS) is 17.7. The number of fused-ring (bicyclic) bond motifs is 2. The van der Waals surface area contributed by atoms with Crippen molar-refractivity contribution >= 4 is 5.78 Å². The summed E-state index contributed by atoms with van der Waals surface area (Å²) in [6.45, 7) is 8.43. The van der Waals surface area contributed by atoms with E-state index in [2.05, 4.69) is 58.0 Å². The second-order valence-corrected chi connectivity index (χ2v) is 8.34. The lowest BCUT2D eigenvalue weighted by atomic mass is 9.76. The van der Waals surface area contributed by atoms with Crippen LogP contribution in [-0.4, -0.2) is 20.0 Å². The van der Waals surface area contributed by atoms with Gasteiger partial charge in [-0.3, -0.25) is 4.79 Å². The van der Waals surface area contributed by atoms with Gasteiger partial charge in [0.2, 0.25) is 0 Å². The number of methoxy groups -OCH3 is 2. The molecular formula is C27H28O3. The van der Waals surface area contributed by atoms with Gasteiger partial charge in [-0.1, -0.05) is 42.8 Å². The minimum atomic E-state index is 0.000289. The molecule has 1 aliphatic rings. The van der Waals surface area contributed by atoms with E-state index in [1.807, 2.05) is 18.2 Å². The van der Waals surface area contributed by atoms with Crippen LogP contribution in [0.3, 0.4) is 0 Å². The molecule has 0 spiro atoms. The van der Waals surface area contributed by atoms with E-state index in [0.717, 1.165) is 22.3 Å². The summed E-state index contributed by atoms with van der Waals surface area (Å²) in [7, 11) is 3.27. The number of benzene rings is 3. The summed E-state index contributed by atoms with van der Waals surface area (Å²) in [5.74, 6) is 1.50. The predicted molar refractivity (Wildman–Crippen MR) is 120 cm³/mol. The first-order valence-corrected chi connectivity index (χ1v) is 10.3. The molecule has 30 heavy (non-hydrogen) atoms. The molecule has 3 aromatic rings. The van der Waals surface area contributed by atoms with Crippen LogP contribution >= 0.6 is 0 Å². The predicted octanol–water partition coefficient (Wildman–Crippen LogP) is 6.11. The highest BCUT2D eigenvalue weighted by Crippen LogP contribution is 2.48. The molecular weight excluding hydrogens is 372 g/mol. The number of hydrogen-bond acceptors (Lipinski definition) is 3. The molecule has 0 aromatic heterocycles. The van der Waals surface area contributed by atoms with E-state index in [-0.39, 0.29) is 17.6 Å². The van der Waals surface area contributed by atoms with Crippen LogP contribution < -0.4 is 9.47 Å². The number of aryl methyl sites for hydroxylation is 3. The minimum Gasteiger partial charge on any atom is -0.497 e. The van der Waals surface area contributed by atoms with Crippen molar-refractivity contribution in [1.82, 2.24) is 0 Å². The summed E-state index contributed by atoms with van der Waals surface area (Å²) in [5, 5.41) is 0. The largest absolute Gasteiger partial charge is 0.497 e. The van der Waals surface area contributed by atoms with Gasteiger partial charge in [0.1, 0.15) is 11.5 Å². The lowest BCUT2D eigenvalue weighted by Crippen LogP contribution is -2.12. The van der Waals surface area contributed by atoms with Crippen LogP contribution in [0.1, 0.15) is 68.1 Å². The number of ketones is 1. The van der Waals surface area contributed by atoms with Crippen molar-refractivity contribution in [2.75, 3.05) is 14.2 Å². The smallest absolute Gasteiger partial charge is 0.197 e. The number of rotatable bonds is 3. The van der Waals surface area contributed by atoms with Crippen molar-refractivity contribution in [3.8, 4) is 11.5 Å². The highest BCUT2D eigenvalue weighted by atomic mass is 16.5. The Labute approximate surface area is 178 Å². The Hall–Kier alpha value is -3.07. The lowest BCUT2D eigenvalue weighted by molar-refractivity contribution is 0.103. The first-order valence-electron chi connectivity index (χ1n) is 10.3. The molecule has 0 radical (unpaired) electrons. The van der Waals surface area contributed by atoms with Gasteiger partial charge in [-0.2, -0.15) is 0 Å². The van der Waals surface area contributed by atoms with Gasteiger partial charge in [-0.15, -0.1) is 0 Å². The maximum Gasteiger partial charge on any atom is 0.197 e. The van der Waals surface area contributed by atoms with E-state index in [1.165, 1.54) is 11.1 Å². The molecule has 3 heteroatoms. The van der Waals surface area contributed by atoms with E-state index in [4.69, 9.17) is 9.47 Å². The molecule has 2 atom stereocenters. The topological polar surface area (TPSA) is 35.5 Å². The number of carbonyl (C=O) groups excluding carboxylic acids is 1. The lowest BCUT2D eigenvalue weighted by Gasteiger charge is -2.27. The van der Waals surface area contributed by atoms with Crippen LogP contribution in [-0.2, 0) is 0 Å². The Morgan fingerprint density at radius 1 is 0.833 bits per heavy atom. The Kier molecular flexibility index (Phi) is 5.15. The Morgan fingerprint density at radius 2 is 1.53 bits per heavy atom. The first kappa shape index (κ1) is 20.2. The van der Waals surface area contributed by atoms with Crippen molar-refractivity contribution in [1.29, 1.82) is 0 Å². The van der Waals surface area contributed by atoms with Crippen molar-refractivity contribution in [2.45, 2.75) is 39.5 Å². The zero-order valence-corrected chi connectivity index (χ0v) is 18.5. The molecule has 1 aliphatic carbocycles. The van der Waals surface area contributed by atoms with Crippen LogP contribution in [0.5, 0.6) is 11.5 Å². The highest BCUT2D eigenvalue weighted by Gasteiger charge is 2.36. The average molecular weight is 401 g/mol. The maximum absolute atomic E-state index is 13.9. The molecule has 0 amide bonds. The summed E-state index contributed by atoms with van der Waals surface area (Å²) < 4.78 is 11.2. The zero-order chi connectivity index (χ0) is 21.6. The molecule has 0 saturated heterocycles. The molecule has 0 N–H and O–H groups in total. The molecule has 154 valence electrons. The number of carbonyl (C=O) groups is 1. The third-order valence-corrected chi connectivity index (χ3v) is 6.29. The fourth-order valence-corrected chi connectivity index (χ4v) is 4.92. The van der Waals surface area contributed by atoms with E-state index >= 15 is 0 Å². The fraction of sp³-hybridized carbons (Fsp3) is 0.296. The van der Waals surface area contributed by atoms with Crippen molar-refractivity contribution in [3.63, 3.8) is 0 Å². The van der Waals surface area contributed by atoms with Gasteiger partial charge >= 0.3 is 0 Å². The molecule has 0 aliphatic heterocycles. The van der Waals surface area contributed by atoms with Crippen molar-refractivity contribution in [2.24, 2.45) is 0 Å². The Bertz CT molecular complexity index is 1130. The van der Waals surface area contributed by atoms with Gasteiger partial charge < -0.3 is 9.47 Å². The zero-order valence-electron chi connectivity index (χ0n) is 18.5. The average Bonchev–Trinajstić information content (AvgIpc) is 2.81. The van der Waals surface area contributed by atoms with E-state index in [1.54, 1.807) is 14.2 Å². The van der Waals surface area contributed by atoms with Crippen LogP contribution in [0, 0.1) is 20.8 Å². The summed E-state index contributed by atoms with van der Waals surface area (Å²) in [4.78, 5) is 13.9. The molecule has 0 fully saturated rings. The third kappa shape index (κ3) is 3.19. The quantitative estimate of drug-likeness (QED) is 0.532. The van der Waals surface area contributed by atoms with Crippen molar-refractivity contribution < 1.29 is 14.3 Å². The summed E-state index contributed by atoms with van der Waals surface area (Å²) in [6.07, 6.45) is 0. The number of hydrogen-bond donors (Lipinski definition) is 0. The van der Waals surface area contributed by atoms with Gasteiger partial charge in [0.25, 0.3) is 0 Å². The Balaban J connectivity index is 2.10. The first-order chi connectivity index (χ1) is 14.3. The van der Waals surface area contributed by atoms with Gasteiger partial charge in [-0.25, -0.2) is 0 Å². The summed E-state index contributed by atoms with van der Waals surface area (Å²) in [6, 6.07) is 16.6. The van der Waals surface area contributed by atoms with Crippen molar-refractivity contribution in [3.05, 3.63) is 93.0 Å². The molecule has 4 rings (SSSR count). The van der Waals surface area contributed by atoms with E-state index in [9.17, 15) is 4.79 Å². The maximum atomic E-state index is 13.9. The molecule has 3 aromatic carbocycles. The van der Waals surface area contributed by atoms with Crippen LogP contribution in [0.25, 0.3) is 0 Å². The SMILES string of the molecule is COc1cc(C)c2c(c1)C(=O)c1c(OC)cc(C)cc1[C@H](c1ccc(C)cc1)[C@H]2C. The van der Waals surface area contributed by atoms with Crippen LogP contribution in [0.4, 0.5) is 0 Å². The standard InChI is InChI=1S/C27H28O3/c1-15-7-9-19(10-8-15)25-18(4)24-17(3)13-20(29-5)14-22(24)27(28)26-21(25)11-16(2)12-23(26)30-6/h7-14,18,25H,1-6H3/t18-,25-/m0/s1. The fourth-order valence-electron chi connectivity index (χ4n) is 4.92. The monoisotopic (exact) mass is 400 g/mol. The van der Waals surface area contributed by atoms with Gasteiger partial charge in [0.15, 0.2) is 5.78 Å². The number of ether oxygens (including phenoxy) is 2. The third-order valence-electron chi connectivity index (χ3n) is 6.29. The molecule has 0 unspecified atom stereocenters. The highest BCUT2D eigenvalue weighted by molar-refractivity contribution is 6.14.